The number of rotatable bonds is 4. The van der Waals surface area contributed by atoms with Crippen LogP contribution in [0.5, 0.6) is 0 Å². The lowest BCUT2D eigenvalue weighted by atomic mass is 9.87. The number of hydrogen-bond acceptors (Lipinski definition) is 3. The lowest BCUT2D eigenvalue weighted by Crippen LogP contribution is -2.48. The Bertz CT molecular complexity index is 767. The molecule has 3 rings (SSSR count). The Kier molecular flexibility index (Phi) is 6.50. The number of benzene rings is 1. The monoisotopic (exact) mass is 406 g/mol. The van der Waals surface area contributed by atoms with Gasteiger partial charge in [0.1, 0.15) is 0 Å². The van der Waals surface area contributed by atoms with Crippen LogP contribution < -0.4 is 4.72 Å². The highest BCUT2D eigenvalue weighted by molar-refractivity contribution is 7.89. The minimum Gasteiger partial charge on any atom is -0.342 e. The summed E-state index contributed by atoms with van der Waals surface area (Å²) in [7, 11) is -3.53. The van der Waals surface area contributed by atoms with Crippen molar-refractivity contribution in [2.24, 2.45) is 5.92 Å². The van der Waals surface area contributed by atoms with Crippen molar-refractivity contribution in [3.05, 3.63) is 29.8 Å². The maximum atomic E-state index is 12.7. The van der Waals surface area contributed by atoms with Crippen LogP contribution in [-0.2, 0) is 20.2 Å². The number of likely N-dealkylation sites (tertiary alicyclic amines) is 1. The van der Waals surface area contributed by atoms with Gasteiger partial charge < -0.3 is 4.90 Å². The van der Waals surface area contributed by atoms with Crippen molar-refractivity contribution in [3.63, 3.8) is 0 Å². The summed E-state index contributed by atoms with van der Waals surface area (Å²) >= 11 is 0. The molecule has 2 fully saturated rings. The van der Waals surface area contributed by atoms with E-state index >= 15 is 0 Å². The van der Waals surface area contributed by atoms with Gasteiger partial charge in [-0.2, -0.15) is 0 Å². The molecule has 1 heterocycles. The van der Waals surface area contributed by atoms with Crippen molar-refractivity contribution in [3.8, 4) is 0 Å². The van der Waals surface area contributed by atoms with Crippen molar-refractivity contribution in [2.45, 2.75) is 82.1 Å². The van der Waals surface area contributed by atoms with Gasteiger partial charge in [0, 0.05) is 25.0 Å². The molecule has 0 unspecified atom stereocenters. The number of carbonyl (C=O) groups excluding carboxylic acids is 1. The summed E-state index contributed by atoms with van der Waals surface area (Å²) in [5.74, 6) is 0.460. The van der Waals surface area contributed by atoms with E-state index in [-0.39, 0.29) is 23.3 Å². The number of carbonyl (C=O) groups is 1. The molecule has 1 aromatic carbocycles. The minimum absolute atomic E-state index is 0.00653. The number of nitrogens with one attached hydrogen (secondary N) is 1. The topological polar surface area (TPSA) is 66.5 Å². The second-order valence-corrected chi connectivity index (χ2v) is 11.0. The van der Waals surface area contributed by atoms with E-state index in [1.54, 1.807) is 12.1 Å². The molecule has 0 spiro atoms. The molecule has 1 N–H and O–H groups in total. The van der Waals surface area contributed by atoms with Crippen molar-refractivity contribution in [2.75, 3.05) is 13.1 Å². The molecular weight excluding hydrogens is 372 g/mol. The standard InChI is InChI=1S/C22H34N2O3S/c1-22(2,3)18-9-11-20(12-10-18)28(26,27)23-19-13-15-24(16-14-19)21(25)17-7-5-4-6-8-17/h9-12,17,19,23H,4-8,13-16H2,1-3H3. The molecule has 0 aromatic heterocycles. The lowest BCUT2D eigenvalue weighted by molar-refractivity contribution is -0.137. The lowest BCUT2D eigenvalue weighted by Gasteiger charge is -2.35. The van der Waals surface area contributed by atoms with Crippen molar-refractivity contribution >= 4 is 15.9 Å². The molecule has 0 bridgehead atoms. The molecule has 1 saturated heterocycles. The predicted octanol–water partition coefficient (Wildman–Crippen LogP) is 3.83. The van der Waals surface area contributed by atoms with E-state index in [1.807, 2.05) is 17.0 Å². The van der Waals surface area contributed by atoms with Crippen molar-refractivity contribution in [1.29, 1.82) is 0 Å². The van der Waals surface area contributed by atoms with Gasteiger partial charge in [-0.3, -0.25) is 4.79 Å². The smallest absolute Gasteiger partial charge is 0.240 e. The van der Waals surface area contributed by atoms with Crippen LogP contribution in [0.25, 0.3) is 0 Å². The fourth-order valence-electron chi connectivity index (χ4n) is 4.25. The van der Waals surface area contributed by atoms with Crippen LogP contribution in [0.2, 0.25) is 0 Å². The van der Waals surface area contributed by atoms with Gasteiger partial charge >= 0.3 is 0 Å². The first-order valence-corrected chi connectivity index (χ1v) is 12.1. The third kappa shape index (κ3) is 5.15. The maximum absolute atomic E-state index is 12.7. The summed E-state index contributed by atoms with van der Waals surface area (Å²) in [5.41, 5.74) is 1.11. The Labute approximate surface area is 169 Å². The van der Waals surface area contributed by atoms with Crippen LogP contribution in [0.4, 0.5) is 0 Å². The number of amides is 1. The molecule has 28 heavy (non-hydrogen) atoms. The molecule has 1 aromatic rings. The Morgan fingerprint density at radius 3 is 2.07 bits per heavy atom. The zero-order valence-corrected chi connectivity index (χ0v) is 18.2. The molecule has 1 aliphatic carbocycles. The van der Waals surface area contributed by atoms with Gasteiger partial charge in [0.15, 0.2) is 0 Å². The van der Waals surface area contributed by atoms with E-state index in [1.165, 1.54) is 6.42 Å². The van der Waals surface area contributed by atoms with Gasteiger partial charge in [-0.25, -0.2) is 13.1 Å². The first-order valence-electron chi connectivity index (χ1n) is 10.6. The Balaban J connectivity index is 1.55. The number of piperidine rings is 1. The Hall–Kier alpha value is -1.40. The van der Waals surface area contributed by atoms with Crippen LogP contribution in [0.1, 0.15) is 71.3 Å². The first-order chi connectivity index (χ1) is 13.2. The number of hydrogen-bond donors (Lipinski definition) is 1. The number of sulfonamides is 1. The first kappa shape index (κ1) is 21.3. The summed E-state index contributed by atoms with van der Waals surface area (Å²) in [6, 6.07) is 7.04. The highest BCUT2D eigenvalue weighted by Crippen LogP contribution is 2.27. The van der Waals surface area contributed by atoms with Crippen LogP contribution in [0.15, 0.2) is 29.2 Å². The van der Waals surface area contributed by atoms with Crippen molar-refractivity contribution < 1.29 is 13.2 Å². The summed E-state index contributed by atoms with van der Waals surface area (Å²) < 4.78 is 28.3. The van der Waals surface area contributed by atoms with Gasteiger partial charge in [-0.05, 0) is 48.8 Å². The van der Waals surface area contributed by atoms with Crippen LogP contribution in [0, 0.1) is 5.92 Å². The largest absolute Gasteiger partial charge is 0.342 e. The van der Waals surface area contributed by atoms with E-state index in [9.17, 15) is 13.2 Å². The Morgan fingerprint density at radius 1 is 0.964 bits per heavy atom. The minimum atomic E-state index is -3.53. The van der Waals surface area contributed by atoms with Gasteiger partial charge in [0.05, 0.1) is 4.90 Å². The molecule has 5 nitrogen and oxygen atoms in total. The molecule has 6 heteroatoms. The third-order valence-corrected chi connectivity index (χ3v) is 7.65. The van der Waals surface area contributed by atoms with Gasteiger partial charge in [0.2, 0.25) is 15.9 Å². The second kappa shape index (κ2) is 8.54. The summed E-state index contributed by atoms with van der Waals surface area (Å²) in [6.07, 6.45) is 6.92. The third-order valence-electron chi connectivity index (χ3n) is 6.11. The summed E-state index contributed by atoms with van der Waals surface area (Å²) in [4.78, 5) is 14.9. The maximum Gasteiger partial charge on any atom is 0.240 e. The number of nitrogens with zero attached hydrogens (tertiary/aromatic N) is 1. The van der Waals surface area contributed by atoms with Crippen molar-refractivity contribution in [1.82, 2.24) is 9.62 Å². The average Bonchev–Trinajstić information content (AvgIpc) is 2.68. The van der Waals surface area contributed by atoms with E-state index in [2.05, 4.69) is 25.5 Å². The average molecular weight is 407 g/mol. The highest BCUT2D eigenvalue weighted by atomic mass is 32.2. The van der Waals surface area contributed by atoms with E-state index in [4.69, 9.17) is 0 Å². The second-order valence-electron chi connectivity index (χ2n) is 9.33. The van der Waals surface area contributed by atoms with E-state index < -0.39 is 10.0 Å². The van der Waals surface area contributed by atoms with Crippen LogP contribution >= 0.6 is 0 Å². The van der Waals surface area contributed by atoms with Crippen LogP contribution in [-0.4, -0.2) is 38.4 Å². The quantitative estimate of drug-likeness (QED) is 0.826. The molecule has 156 valence electrons. The molecule has 0 atom stereocenters. The normalized spacial score (nSPS) is 20.3. The van der Waals surface area contributed by atoms with Gasteiger partial charge in [-0.15, -0.1) is 0 Å². The van der Waals surface area contributed by atoms with Crippen LogP contribution in [0.3, 0.4) is 0 Å². The fraction of sp³-hybridized carbons (Fsp3) is 0.682. The molecule has 1 saturated carbocycles. The predicted molar refractivity (Wildman–Crippen MR) is 112 cm³/mol. The SMILES string of the molecule is CC(C)(C)c1ccc(S(=O)(=O)NC2CCN(C(=O)C3CCCCC3)CC2)cc1. The zero-order valence-electron chi connectivity index (χ0n) is 17.4. The van der Waals surface area contributed by atoms with Gasteiger partial charge in [-0.1, -0.05) is 52.2 Å². The zero-order chi connectivity index (χ0) is 20.4. The van der Waals surface area contributed by atoms with Gasteiger partial charge in [0.25, 0.3) is 0 Å². The van der Waals surface area contributed by atoms with E-state index in [0.29, 0.717) is 30.8 Å². The fourth-order valence-corrected chi connectivity index (χ4v) is 5.55. The summed E-state index contributed by atoms with van der Waals surface area (Å²) in [5, 5.41) is 0. The molecule has 0 radical (unpaired) electrons. The molecule has 1 amide bonds. The molecular formula is C22H34N2O3S. The van der Waals surface area contributed by atoms with E-state index in [0.717, 1.165) is 31.2 Å². The highest BCUT2D eigenvalue weighted by Gasteiger charge is 2.30. The molecule has 2 aliphatic rings. The summed E-state index contributed by atoms with van der Waals surface area (Å²) in [6.45, 7) is 7.61. The Morgan fingerprint density at radius 2 is 1.54 bits per heavy atom. The molecule has 1 aliphatic heterocycles.